The van der Waals surface area contributed by atoms with Crippen LogP contribution >= 0.6 is 0 Å². The molecule has 0 aromatic carbocycles. The summed E-state index contributed by atoms with van der Waals surface area (Å²) in [6, 6.07) is 0. The number of nitrogens with one attached hydrogen (secondary N) is 2. The van der Waals surface area contributed by atoms with Crippen LogP contribution in [0.1, 0.15) is 13.3 Å². The van der Waals surface area contributed by atoms with Gasteiger partial charge in [-0.1, -0.05) is 0 Å². The molecule has 0 aliphatic carbocycles. The highest BCUT2D eigenvalue weighted by molar-refractivity contribution is 7.90. The third kappa shape index (κ3) is 4.12. The van der Waals surface area contributed by atoms with Crippen LogP contribution in [0.15, 0.2) is 9.59 Å². The first kappa shape index (κ1) is 15.3. The molecule has 0 atom stereocenters. The lowest BCUT2D eigenvalue weighted by Crippen LogP contribution is -2.34. The molecule has 0 amide bonds. The molecular weight excluding hydrogens is 272 g/mol. The van der Waals surface area contributed by atoms with Gasteiger partial charge in [0.1, 0.15) is 21.3 Å². The molecule has 0 aliphatic rings. The Morgan fingerprint density at radius 2 is 2.00 bits per heavy atom. The summed E-state index contributed by atoms with van der Waals surface area (Å²) in [5, 5.41) is 2.76. The zero-order chi connectivity index (χ0) is 14.6. The number of hydrogen-bond acceptors (Lipinski definition) is 6. The fraction of sp³-hybridized carbons (Fsp3) is 0.600. The van der Waals surface area contributed by atoms with Crippen molar-refractivity contribution in [1.82, 2.24) is 9.55 Å². The van der Waals surface area contributed by atoms with Crippen LogP contribution in [0.3, 0.4) is 0 Å². The predicted octanol–water partition coefficient (Wildman–Crippen LogP) is -1.01. The first-order valence-corrected chi connectivity index (χ1v) is 7.86. The maximum Gasteiger partial charge on any atom is 0.330 e. The average molecular weight is 290 g/mol. The Kier molecular flexibility index (Phi) is 4.76. The van der Waals surface area contributed by atoms with Crippen LogP contribution in [0.25, 0.3) is 0 Å². The van der Waals surface area contributed by atoms with Gasteiger partial charge in [0.2, 0.25) is 0 Å². The minimum absolute atomic E-state index is 0.0191. The van der Waals surface area contributed by atoms with Gasteiger partial charge in [0.15, 0.2) is 0 Å². The molecule has 1 rings (SSSR count). The van der Waals surface area contributed by atoms with E-state index in [2.05, 4.69) is 10.3 Å². The van der Waals surface area contributed by atoms with Gasteiger partial charge in [0.05, 0.1) is 5.75 Å². The van der Waals surface area contributed by atoms with Gasteiger partial charge in [0, 0.05) is 19.3 Å². The molecule has 19 heavy (non-hydrogen) atoms. The van der Waals surface area contributed by atoms with Crippen molar-refractivity contribution in [2.75, 3.05) is 29.6 Å². The zero-order valence-corrected chi connectivity index (χ0v) is 11.7. The van der Waals surface area contributed by atoms with Gasteiger partial charge in [0.25, 0.3) is 5.56 Å². The molecule has 1 aromatic rings. The zero-order valence-electron chi connectivity index (χ0n) is 10.9. The van der Waals surface area contributed by atoms with E-state index >= 15 is 0 Å². The number of aromatic amines is 1. The van der Waals surface area contributed by atoms with Gasteiger partial charge in [-0.2, -0.15) is 0 Å². The quantitative estimate of drug-likeness (QED) is 0.576. The summed E-state index contributed by atoms with van der Waals surface area (Å²) in [7, 11) is -3.03. The topological polar surface area (TPSA) is 127 Å². The maximum atomic E-state index is 11.6. The van der Waals surface area contributed by atoms with Crippen molar-refractivity contribution < 1.29 is 8.42 Å². The first-order chi connectivity index (χ1) is 8.76. The largest absolute Gasteiger partial charge is 0.383 e. The summed E-state index contributed by atoms with van der Waals surface area (Å²) >= 11 is 0. The van der Waals surface area contributed by atoms with Crippen LogP contribution in [0.4, 0.5) is 11.5 Å². The second-order valence-electron chi connectivity index (χ2n) is 4.17. The smallest absolute Gasteiger partial charge is 0.330 e. The molecule has 0 bridgehead atoms. The van der Waals surface area contributed by atoms with Crippen molar-refractivity contribution >= 4 is 21.3 Å². The fourth-order valence-corrected chi connectivity index (χ4v) is 2.29. The number of sulfone groups is 1. The summed E-state index contributed by atoms with van der Waals surface area (Å²) < 4.78 is 23.1. The van der Waals surface area contributed by atoms with Crippen LogP contribution in [-0.4, -0.2) is 36.5 Å². The molecule has 0 fully saturated rings. The fourth-order valence-electron chi connectivity index (χ4n) is 1.62. The third-order valence-corrected chi connectivity index (χ3v) is 3.58. The molecule has 0 radical (unpaired) electrons. The van der Waals surface area contributed by atoms with E-state index in [0.29, 0.717) is 13.0 Å². The summed E-state index contributed by atoms with van der Waals surface area (Å²) in [6.45, 7) is 2.34. The number of aromatic nitrogens is 2. The molecule has 0 saturated carbocycles. The Morgan fingerprint density at radius 1 is 1.37 bits per heavy atom. The van der Waals surface area contributed by atoms with Crippen LogP contribution < -0.4 is 22.3 Å². The highest BCUT2D eigenvalue weighted by Crippen LogP contribution is 2.09. The number of rotatable bonds is 6. The van der Waals surface area contributed by atoms with Gasteiger partial charge < -0.3 is 11.1 Å². The first-order valence-electron chi connectivity index (χ1n) is 5.80. The summed E-state index contributed by atoms with van der Waals surface area (Å²) in [5.41, 5.74) is 4.65. The highest BCUT2D eigenvalue weighted by Gasteiger charge is 2.10. The van der Waals surface area contributed by atoms with E-state index in [0.717, 1.165) is 6.26 Å². The SMILES string of the molecule is CCn1c(N)c(NCCCS(C)(=O)=O)c(=O)[nH]c1=O. The van der Waals surface area contributed by atoms with Crippen LogP contribution in [-0.2, 0) is 16.4 Å². The van der Waals surface area contributed by atoms with E-state index < -0.39 is 21.1 Å². The Labute approximate surface area is 110 Å². The number of hydrogen-bond donors (Lipinski definition) is 3. The van der Waals surface area contributed by atoms with Crippen molar-refractivity contribution in [3.8, 4) is 0 Å². The van der Waals surface area contributed by atoms with Crippen molar-refractivity contribution in [2.24, 2.45) is 0 Å². The standard InChI is InChI=1S/C10H18N4O4S/c1-3-14-8(11)7(9(15)13-10(14)16)12-5-4-6-19(2,17)18/h12H,3-6,11H2,1-2H3,(H,13,15,16). The Hall–Kier alpha value is -1.77. The second-order valence-corrected chi connectivity index (χ2v) is 6.43. The van der Waals surface area contributed by atoms with E-state index in [1.54, 1.807) is 6.92 Å². The molecule has 1 aromatic heterocycles. The summed E-state index contributed by atoms with van der Waals surface area (Å²) in [4.78, 5) is 25.2. The van der Waals surface area contributed by atoms with Crippen molar-refractivity contribution in [1.29, 1.82) is 0 Å². The Balaban J connectivity index is 2.85. The van der Waals surface area contributed by atoms with Gasteiger partial charge in [-0.15, -0.1) is 0 Å². The average Bonchev–Trinajstić information content (AvgIpc) is 2.26. The lowest BCUT2D eigenvalue weighted by Gasteiger charge is -2.12. The maximum absolute atomic E-state index is 11.6. The number of nitrogens with zero attached hydrogens (tertiary/aromatic N) is 1. The van der Waals surface area contributed by atoms with Crippen LogP contribution in [0.2, 0.25) is 0 Å². The van der Waals surface area contributed by atoms with Crippen LogP contribution in [0.5, 0.6) is 0 Å². The number of anilines is 2. The molecule has 4 N–H and O–H groups in total. The second kappa shape index (κ2) is 5.91. The predicted molar refractivity (Wildman–Crippen MR) is 74.2 cm³/mol. The molecule has 0 aliphatic heterocycles. The lowest BCUT2D eigenvalue weighted by atomic mass is 10.4. The van der Waals surface area contributed by atoms with E-state index in [4.69, 9.17) is 5.73 Å². The van der Waals surface area contributed by atoms with Crippen molar-refractivity contribution in [3.63, 3.8) is 0 Å². The van der Waals surface area contributed by atoms with Crippen LogP contribution in [0, 0.1) is 0 Å². The molecular formula is C10H18N4O4S. The van der Waals surface area contributed by atoms with E-state index in [-0.39, 0.29) is 23.8 Å². The summed E-state index contributed by atoms with van der Waals surface area (Å²) in [5.74, 6) is 0.0706. The summed E-state index contributed by atoms with van der Waals surface area (Å²) in [6.07, 6.45) is 1.49. The highest BCUT2D eigenvalue weighted by atomic mass is 32.2. The van der Waals surface area contributed by atoms with Crippen molar-refractivity contribution in [3.05, 3.63) is 20.8 Å². The van der Waals surface area contributed by atoms with Gasteiger partial charge in [-0.25, -0.2) is 13.2 Å². The number of nitrogen functional groups attached to an aromatic ring is 1. The van der Waals surface area contributed by atoms with Gasteiger partial charge in [-0.05, 0) is 13.3 Å². The molecule has 1 heterocycles. The molecule has 0 saturated heterocycles. The molecule has 8 nitrogen and oxygen atoms in total. The van der Waals surface area contributed by atoms with E-state index in [9.17, 15) is 18.0 Å². The third-order valence-electron chi connectivity index (χ3n) is 2.55. The molecule has 0 unspecified atom stereocenters. The van der Waals surface area contributed by atoms with Gasteiger partial charge in [-0.3, -0.25) is 14.3 Å². The molecule has 9 heteroatoms. The number of H-pyrrole nitrogens is 1. The van der Waals surface area contributed by atoms with Crippen molar-refractivity contribution in [2.45, 2.75) is 19.9 Å². The minimum atomic E-state index is -3.03. The van der Waals surface area contributed by atoms with E-state index in [1.807, 2.05) is 0 Å². The Morgan fingerprint density at radius 3 is 2.53 bits per heavy atom. The molecule has 0 spiro atoms. The Bertz CT molecular complexity index is 659. The van der Waals surface area contributed by atoms with E-state index in [1.165, 1.54) is 4.57 Å². The minimum Gasteiger partial charge on any atom is -0.383 e. The monoisotopic (exact) mass is 290 g/mol. The molecule has 108 valence electrons. The van der Waals surface area contributed by atoms with Gasteiger partial charge >= 0.3 is 5.69 Å². The number of nitrogens with two attached hydrogens (primary N) is 1. The lowest BCUT2D eigenvalue weighted by molar-refractivity contribution is 0.600. The normalized spacial score (nSPS) is 11.5.